The lowest BCUT2D eigenvalue weighted by Crippen LogP contribution is -2.26. The van der Waals surface area contributed by atoms with E-state index in [-0.39, 0.29) is 5.91 Å². The Labute approximate surface area is 131 Å². The zero-order valence-electron chi connectivity index (χ0n) is 13.0. The zero-order chi connectivity index (χ0) is 15.8. The van der Waals surface area contributed by atoms with E-state index < -0.39 is 5.97 Å². The van der Waals surface area contributed by atoms with Crippen LogP contribution in [-0.2, 0) is 11.2 Å². The highest BCUT2D eigenvalue weighted by atomic mass is 16.4. The fourth-order valence-electron chi connectivity index (χ4n) is 3.06. The molecule has 2 N–H and O–H groups in total. The van der Waals surface area contributed by atoms with E-state index in [1.807, 2.05) is 0 Å². The molecule has 0 aromatic heterocycles. The molecule has 0 aliphatic heterocycles. The number of carbonyl (C=O) groups is 2. The van der Waals surface area contributed by atoms with E-state index in [9.17, 15) is 9.59 Å². The summed E-state index contributed by atoms with van der Waals surface area (Å²) in [5.41, 5.74) is 1.33. The number of carboxylic acid groups (broad SMARTS) is 1. The first kappa shape index (κ1) is 16.5. The Kier molecular flexibility index (Phi) is 6.44. The molecule has 4 heteroatoms. The Hall–Kier alpha value is -1.84. The molecule has 0 unspecified atom stereocenters. The monoisotopic (exact) mass is 303 g/mol. The summed E-state index contributed by atoms with van der Waals surface area (Å²) in [5.74, 6) is -0.0432. The maximum absolute atomic E-state index is 11.8. The third-order valence-corrected chi connectivity index (χ3v) is 4.44. The molecule has 0 bridgehead atoms. The van der Waals surface area contributed by atoms with Crippen molar-refractivity contribution in [1.82, 2.24) is 5.32 Å². The molecule has 0 saturated heterocycles. The second-order valence-corrected chi connectivity index (χ2v) is 6.14. The van der Waals surface area contributed by atoms with Crippen molar-refractivity contribution in [3.8, 4) is 0 Å². The van der Waals surface area contributed by atoms with E-state index in [1.165, 1.54) is 32.1 Å². The number of carboxylic acids is 1. The summed E-state index contributed by atoms with van der Waals surface area (Å²) in [6, 6.07) is 6.81. The van der Waals surface area contributed by atoms with E-state index in [4.69, 9.17) is 5.11 Å². The minimum absolute atomic E-state index is 0.132. The number of hydrogen-bond donors (Lipinski definition) is 2. The summed E-state index contributed by atoms with van der Waals surface area (Å²) in [6.07, 6.45) is 8.92. The first-order valence-corrected chi connectivity index (χ1v) is 8.24. The Morgan fingerprint density at radius 2 is 1.77 bits per heavy atom. The van der Waals surface area contributed by atoms with Crippen LogP contribution in [0.5, 0.6) is 0 Å². The first-order valence-electron chi connectivity index (χ1n) is 8.24. The molecular formula is C18H25NO3. The number of hydrogen-bond acceptors (Lipinski definition) is 2. The molecule has 22 heavy (non-hydrogen) atoms. The lowest BCUT2D eigenvalue weighted by atomic mass is 9.86. The molecule has 1 amide bonds. The smallest absolute Gasteiger partial charge is 0.335 e. The predicted octanol–water partition coefficient (Wildman–Crippen LogP) is 3.40. The van der Waals surface area contributed by atoms with Gasteiger partial charge in [-0.1, -0.05) is 44.2 Å². The molecule has 4 nitrogen and oxygen atoms in total. The summed E-state index contributed by atoms with van der Waals surface area (Å²) in [5, 5.41) is 11.8. The van der Waals surface area contributed by atoms with E-state index in [2.05, 4.69) is 5.32 Å². The Morgan fingerprint density at radius 1 is 1.09 bits per heavy atom. The number of rotatable bonds is 7. The van der Waals surface area contributed by atoms with Gasteiger partial charge in [0.25, 0.3) is 0 Å². The Balaban J connectivity index is 1.62. The van der Waals surface area contributed by atoms with E-state index in [0.29, 0.717) is 18.5 Å². The fourth-order valence-corrected chi connectivity index (χ4v) is 3.06. The van der Waals surface area contributed by atoms with Gasteiger partial charge in [0.1, 0.15) is 0 Å². The molecule has 1 saturated carbocycles. The van der Waals surface area contributed by atoms with Crippen LogP contribution >= 0.6 is 0 Å². The molecule has 1 aliphatic carbocycles. The molecule has 1 aromatic carbocycles. The van der Waals surface area contributed by atoms with Gasteiger partial charge in [-0.2, -0.15) is 0 Å². The van der Waals surface area contributed by atoms with Crippen LogP contribution in [0, 0.1) is 5.92 Å². The van der Waals surface area contributed by atoms with Gasteiger partial charge in [0.2, 0.25) is 5.91 Å². The molecule has 1 aliphatic rings. The van der Waals surface area contributed by atoms with Crippen molar-refractivity contribution in [2.24, 2.45) is 5.92 Å². The molecule has 2 rings (SSSR count). The summed E-state index contributed by atoms with van der Waals surface area (Å²) >= 11 is 0. The fraction of sp³-hybridized carbons (Fsp3) is 0.556. The van der Waals surface area contributed by atoms with Crippen molar-refractivity contribution in [1.29, 1.82) is 0 Å². The van der Waals surface area contributed by atoms with Crippen molar-refractivity contribution in [3.63, 3.8) is 0 Å². The number of benzene rings is 1. The van der Waals surface area contributed by atoms with Gasteiger partial charge in [-0.25, -0.2) is 4.79 Å². The molecule has 0 radical (unpaired) electrons. The van der Waals surface area contributed by atoms with Crippen LogP contribution in [0.1, 0.15) is 60.9 Å². The lowest BCUT2D eigenvalue weighted by Gasteiger charge is -2.20. The Morgan fingerprint density at radius 3 is 2.41 bits per heavy atom. The number of nitrogens with one attached hydrogen (secondary N) is 1. The largest absolute Gasteiger partial charge is 0.478 e. The topological polar surface area (TPSA) is 66.4 Å². The van der Waals surface area contributed by atoms with Gasteiger partial charge >= 0.3 is 5.97 Å². The quantitative estimate of drug-likeness (QED) is 0.811. The van der Waals surface area contributed by atoms with Crippen LogP contribution in [0.15, 0.2) is 24.3 Å². The Bertz CT molecular complexity index is 490. The van der Waals surface area contributed by atoms with Crippen molar-refractivity contribution >= 4 is 11.9 Å². The number of aromatic carboxylic acids is 1. The maximum Gasteiger partial charge on any atom is 0.335 e. The normalized spacial score (nSPS) is 15.5. The van der Waals surface area contributed by atoms with Crippen molar-refractivity contribution in [3.05, 3.63) is 35.4 Å². The minimum Gasteiger partial charge on any atom is -0.478 e. The second-order valence-electron chi connectivity index (χ2n) is 6.14. The maximum atomic E-state index is 11.8. The van der Waals surface area contributed by atoms with Crippen LogP contribution in [-0.4, -0.2) is 23.5 Å². The van der Waals surface area contributed by atoms with Gasteiger partial charge in [-0.15, -0.1) is 0 Å². The molecule has 0 heterocycles. The van der Waals surface area contributed by atoms with Crippen LogP contribution in [0.3, 0.4) is 0 Å². The van der Waals surface area contributed by atoms with E-state index in [1.54, 1.807) is 24.3 Å². The second kappa shape index (κ2) is 8.57. The summed E-state index contributed by atoms with van der Waals surface area (Å²) in [7, 11) is 0. The van der Waals surface area contributed by atoms with Gasteiger partial charge in [0.15, 0.2) is 0 Å². The van der Waals surface area contributed by atoms with Crippen molar-refractivity contribution in [2.75, 3.05) is 6.54 Å². The molecular weight excluding hydrogens is 278 g/mol. The van der Waals surface area contributed by atoms with Gasteiger partial charge in [-0.3, -0.25) is 4.79 Å². The number of amides is 1. The lowest BCUT2D eigenvalue weighted by molar-refractivity contribution is -0.121. The molecule has 1 aromatic rings. The summed E-state index contributed by atoms with van der Waals surface area (Å²) < 4.78 is 0. The average molecular weight is 303 g/mol. The van der Waals surface area contributed by atoms with Crippen molar-refractivity contribution in [2.45, 2.75) is 51.4 Å². The highest BCUT2D eigenvalue weighted by Crippen LogP contribution is 2.27. The van der Waals surface area contributed by atoms with Crippen LogP contribution in [0.2, 0.25) is 0 Å². The summed E-state index contributed by atoms with van der Waals surface area (Å²) in [4.78, 5) is 22.6. The molecule has 1 fully saturated rings. The van der Waals surface area contributed by atoms with Crippen molar-refractivity contribution < 1.29 is 14.7 Å². The SMILES string of the molecule is O=C(CCC1CCCCC1)NCCc1ccc(C(=O)O)cc1. The van der Waals surface area contributed by atoms with Crippen LogP contribution in [0.4, 0.5) is 0 Å². The van der Waals surface area contributed by atoms with Gasteiger partial charge < -0.3 is 10.4 Å². The van der Waals surface area contributed by atoms with E-state index >= 15 is 0 Å². The van der Waals surface area contributed by atoms with Crippen LogP contribution in [0.25, 0.3) is 0 Å². The highest BCUT2D eigenvalue weighted by Gasteiger charge is 2.14. The summed E-state index contributed by atoms with van der Waals surface area (Å²) in [6.45, 7) is 0.607. The third kappa shape index (κ3) is 5.51. The minimum atomic E-state index is -0.914. The standard InChI is InChI=1S/C18H25NO3/c20-17(11-8-14-4-2-1-3-5-14)19-13-12-15-6-9-16(10-7-15)18(21)22/h6-7,9-10,14H,1-5,8,11-13H2,(H,19,20)(H,21,22). The highest BCUT2D eigenvalue weighted by molar-refractivity contribution is 5.87. The van der Waals surface area contributed by atoms with Crippen LogP contribution < -0.4 is 5.32 Å². The molecule has 120 valence electrons. The third-order valence-electron chi connectivity index (χ3n) is 4.44. The first-order chi connectivity index (χ1) is 10.6. The molecule has 0 atom stereocenters. The van der Waals surface area contributed by atoms with Gasteiger partial charge in [0, 0.05) is 13.0 Å². The van der Waals surface area contributed by atoms with Gasteiger partial charge in [-0.05, 0) is 36.5 Å². The van der Waals surface area contributed by atoms with E-state index in [0.717, 1.165) is 24.3 Å². The average Bonchev–Trinajstić information content (AvgIpc) is 2.54. The van der Waals surface area contributed by atoms with Gasteiger partial charge in [0.05, 0.1) is 5.56 Å². The predicted molar refractivity (Wildman–Crippen MR) is 85.9 cm³/mol. The zero-order valence-corrected chi connectivity index (χ0v) is 13.0. The number of carbonyl (C=O) groups excluding carboxylic acids is 1. The molecule has 0 spiro atoms.